The van der Waals surface area contributed by atoms with Crippen LogP contribution in [0.4, 0.5) is 14.6 Å². The van der Waals surface area contributed by atoms with E-state index in [4.69, 9.17) is 4.74 Å². The summed E-state index contributed by atoms with van der Waals surface area (Å²) in [6, 6.07) is 7.85. The Hall–Kier alpha value is -4.58. The number of halogens is 2. The number of anilines is 1. The lowest BCUT2D eigenvalue weighted by atomic mass is 10.0. The molecule has 1 aliphatic heterocycles. The molecule has 3 N–H and O–H groups in total. The summed E-state index contributed by atoms with van der Waals surface area (Å²) in [5, 5.41) is 25.8. The van der Waals surface area contributed by atoms with Gasteiger partial charge in [0.05, 0.1) is 47.6 Å². The van der Waals surface area contributed by atoms with Gasteiger partial charge in [0.2, 0.25) is 0 Å². The van der Waals surface area contributed by atoms with Crippen LogP contribution in [0.15, 0.2) is 55.0 Å². The van der Waals surface area contributed by atoms with Crippen LogP contribution in [0.1, 0.15) is 23.7 Å². The number of nitrogens with zero attached hydrogens (tertiary/aromatic N) is 5. The number of carbonyl (C=O) groups is 1. The summed E-state index contributed by atoms with van der Waals surface area (Å²) >= 11 is 0. The predicted molar refractivity (Wildman–Crippen MR) is 140 cm³/mol. The Morgan fingerprint density at radius 1 is 1.23 bits per heavy atom. The monoisotopic (exact) mass is 533 g/mol. The molecular weight excluding hydrogens is 508 g/mol. The van der Waals surface area contributed by atoms with Crippen molar-refractivity contribution < 1.29 is 23.4 Å². The van der Waals surface area contributed by atoms with E-state index in [1.165, 1.54) is 0 Å². The molecule has 0 radical (unpaired) electrons. The van der Waals surface area contributed by atoms with E-state index in [9.17, 15) is 18.7 Å². The molecular formula is C27H25F2N7O3. The van der Waals surface area contributed by atoms with Crippen molar-refractivity contribution in [1.82, 2.24) is 30.1 Å². The summed E-state index contributed by atoms with van der Waals surface area (Å²) in [5.74, 6) is -0.956. The van der Waals surface area contributed by atoms with E-state index in [0.717, 1.165) is 40.2 Å². The number of aromatic nitrogens is 5. The number of benzene rings is 1. The van der Waals surface area contributed by atoms with Crippen molar-refractivity contribution >= 4 is 28.3 Å². The Morgan fingerprint density at radius 3 is 2.87 bits per heavy atom. The van der Waals surface area contributed by atoms with E-state index >= 15 is 0 Å². The summed E-state index contributed by atoms with van der Waals surface area (Å²) < 4.78 is 35.0. The number of β-amino-alcohol motifs (C(OH)–C–C–N with tert-alkyl or cyclic N) is 1. The highest BCUT2D eigenvalue weighted by Crippen LogP contribution is 2.33. The lowest BCUT2D eigenvalue weighted by molar-refractivity contribution is 0.0793. The van der Waals surface area contributed by atoms with Crippen LogP contribution in [0.2, 0.25) is 0 Å². The van der Waals surface area contributed by atoms with Crippen LogP contribution >= 0.6 is 0 Å². The van der Waals surface area contributed by atoms with Crippen molar-refractivity contribution in [1.29, 1.82) is 0 Å². The highest BCUT2D eigenvalue weighted by molar-refractivity contribution is 6.01. The van der Waals surface area contributed by atoms with Crippen molar-refractivity contribution in [2.24, 2.45) is 0 Å². The molecule has 1 fully saturated rings. The first-order chi connectivity index (χ1) is 18.9. The Bertz CT molecular complexity index is 1670. The second-order valence-corrected chi connectivity index (χ2v) is 9.36. The third-order valence-electron chi connectivity index (χ3n) is 6.87. The SMILES string of the molecule is CCOc1cc(-c2ccc(N3CC[C@H](NC(=O)c4cc(F)ccc4F)[C@H](O)C3)nc2)c2c3cn[nH]c3nn2c1. The van der Waals surface area contributed by atoms with Crippen molar-refractivity contribution in [2.45, 2.75) is 25.5 Å². The van der Waals surface area contributed by atoms with Gasteiger partial charge in [-0.05, 0) is 49.7 Å². The first-order valence-electron chi connectivity index (χ1n) is 12.5. The molecule has 0 bridgehead atoms. The minimum atomic E-state index is -0.926. The Kier molecular flexibility index (Phi) is 6.31. The van der Waals surface area contributed by atoms with Gasteiger partial charge in [0.25, 0.3) is 5.91 Å². The maximum absolute atomic E-state index is 14.0. The number of carbonyl (C=O) groups excluding carboxylic acids is 1. The van der Waals surface area contributed by atoms with Gasteiger partial charge in [0.1, 0.15) is 23.2 Å². The van der Waals surface area contributed by atoms with Crippen LogP contribution in [-0.2, 0) is 0 Å². The number of fused-ring (bicyclic) bond motifs is 3. The molecule has 0 saturated carbocycles. The van der Waals surface area contributed by atoms with Gasteiger partial charge in [-0.2, -0.15) is 5.10 Å². The maximum atomic E-state index is 14.0. The summed E-state index contributed by atoms with van der Waals surface area (Å²) in [4.78, 5) is 19.0. The topological polar surface area (TPSA) is 121 Å². The third kappa shape index (κ3) is 4.63. The van der Waals surface area contributed by atoms with Gasteiger partial charge in [0.15, 0.2) is 5.65 Å². The molecule has 5 heterocycles. The number of ether oxygens (including phenoxy) is 1. The number of piperidine rings is 1. The van der Waals surface area contributed by atoms with Crippen LogP contribution < -0.4 is 15.0 Å². The lowest BCUT2D eigenvalue weighted by Crippen LogP contribution is -2.54. The first kappa shape index (κ1) is 24.7. The maximum Gasteiger partial charge on any atom is 0.254 e. The first-order valence-corrected chi connectivity index (χ1v) is 12.5. The third-order valence-corrected chi connectivity index (χ3v) is 6.87. The van der Waals surface area contributed by atoms with Gasteiger partial charge in [-0.3, -0.25) is 9.89 Å². The molecule has 1 aromatic carbocycles. The highest BCUT2D eigenvalue weighted by Gasteiger charge is 2.30. The van der Waals surface area contributed by atoms with Gasteiger partial charge in [-0.25, -0.2) is 18.3 Å². The fraction of sp³-hybridized carbons (Fsp3) is 0.259. The molecule has 2 atom stereocenters. The number of aliphatic hydroxyl groups is 1. The number of amides is 1. The number of rotatable bonds is 6. The van der Waals surface area contributed by atoms with Crippen LogP contribution in [0, 0.1) is 11.6 Å². The second kappa shape index (κ2) is 9.95. The number of nitrogens with one attached hydrogen (secondary N) is 2. The van der Waals surface area contributed by atoms with Crippen LogP contribution in [-0.4, -0.2) is 67.7 Å². The Balaban J connectivity index is 1.20. The molecule has 1 amide bonds. The molecule has 1 aliphatic rings. The predicted octanol–water partition coefficient (Wildman–Crippen LogP) is 3.32. The van der Waals surface area contributed by atoms with Crippen molar-refractivity contribution in [3.05, 3.63) is 72.2 Å². The minimum absolute atomic E-state index is 0.214. The van der Waals surface area contributed by atoms with Crippen molar-refractivity contribution in [3.63, 3.8) is 0 Å². The van der Waals surface area contributed by atoms with Crippen LogP contribution in [0.25, 0.3) is 27.7 Å². The van der Waals surface area contributed by atoms with E-state index in [0.29, 0.717) is 36.8 Å². The highest BCUT2D eigenvalue weighted by atomic mass is 19.1. The number of hydrogen-bond acceptors (Lipinski definition) is 7. The second-order valence-electron chi connectivity index (χ2n) is 9.36. The van der Waals surface area contributed by atoms with Gasteiger partial charge in [0, 0.05) is 30.4 Å². The molecule has 10 nitrogen and oxygen atoms in total. The van der Waals surface area contributed by atoms with Crippen LogP contribution in [0.3, 0.4) is 0 Å². The fourth-order valence-corrected chi connectivity index (χ4v) is 4.96. The number of aliphatic hydroxyl groups excluding tert-OH is 1. The molecule has 0 aliphatic carbocycles. The lowest BCUT2D eigenvalue weighted by Gasteiger charge is -2.37. The molecule has 4 aromatic heterocycles. The van der Waals surface area contributed by atoms with E-state index in [1.807, 2.05) is 36.2 Å². The fourth-order valence-electron chi connectivity index (χ4n) is 4.96. The molecule has 6 rings (SSSR count). The summed E-state index contributed by atoms with van der Waals surface area (Å²) in [5.41, 5.74) is 2.88. The number of H-pyrrole nitrogens is 1. The van der Waals surface area contributed by atoms with Gasteiger partial charge >= 0.3 is 0 Å². The number of hydrogen-bond donors (Lipinski definition) is 3. The average Bonchev–Trinajstić information content (AvgIpc) is 3.52. The standard InChI is InChI=1S/C27H25F2N7O3/c1-2-39-17-10-18(25-20-12-31-33-26(20)34-36(25)13-17)15-3-6-24(30-11-15)35-8-7-22(23(37)14-35)32-27(38)19-9-16(28)4-5-21(19)29/h3-6,9-13,22-23,37H,2,7-8,14H2,1H3,(H,32,38)(H,33,34)/t22-,23+/m0/s1. The molecule has 12 heteroatoms. The number of pyridine rings is 2. The summed E-state index contributed by atoms with van der Waals surface area (Å²) in [6.07, 6.45) is 4.79. The quantitative estimate of drug-likeness (QED) is 0.306. The van der Waals surface area contributed by atoms with E-state index < -0.39 is 35.3 Å². The summed E-state index contributed by atoms with van der Waals surface area (Å²) in [6.45, 7) is 3.15. The van der Waals surface area contributed by atoms with E-state index in [2.05, 4.69) is 25.6 Å². The minimum Gasteiger partial charge on any atom is -0.492 e. The van der Waals surface area contributed by atoms with Crippen molar-refractivity contribution in [3.8, 4) is 16.9 Å². The molecule has 0 unspecified atom stereocenters. The van der Waals surface area contributed by atoms with E-state index in [1.54, 1.807) is 16.9 Å². The normalized spacial score (nSPS) is 17.6. The molecule has 200 valence electrons. The molecule has 5 aromatic rings. The number of aromatic amines is 1. The van der Waals surface area contributed by atoms with Gasteiger partial charge in [-0.15, -0.1) is 5.10 Å². The smallest absolute Gasteiger partial charge is 0.254 e. The largest absolute Gasteiger partial charge is 0.492 e. The van der Waals surface area contributed by atoms with Gasteiger partial charge in [-0.1, -0.05) is 0 Å². The molecule has 39 heavy (non-hydrogen) atoms. The average molecular weight is 534 g/mol. The zero-order valence-corrected chi connectivity index (χ0v) is 20.9. The Labute approximate surface area is 221 Å². The van der Waals surface area contributed by atoms with E-state index in [-0.39, 0.29) is 6.54 Å². The Morgan fingerprint density at radius 2 is 2.10 bits per heavy atom. The summed E-state index contributed by atoms with van der Waals surface area (Å²) in [7, 11) is 0. The zero-order chi connectivity index (χ0) is 27.1. The molecule has 1 saturated heterocycles. The zero-order valence-electron chi connectivity index (χ0n) is 20.9. The van der Waals surface area contributed by atoms with Crippen molar-refractivity contribution in [2.75, 3.05) is 24.6 Å². The molecule has 0 spiro atoms. The van der Waals surface area contributed by atoms with Crippen LogP contribution in [0.5, 0.6) is 5.75 Å². The van der Waals surface area contributed by atoms with Gasteiger partial charge < -0.3 is 20.1 Å².